The van der Waals surface area contributed by atoms with E-state index in [2.05, 4.69) is 0 Å². The summed E-state index contributed by atoms with van der Waals surface area (Å²) in [7, 11) is -3.57. The minimum atomic E-state index is -3.57. The maximum absolute atomic E-state index is 12.3. The average molecular weight is 267 g/mol. The predicted octanol–water partition coefficient (Wildman–Crippen LogP) is 1.56. The van der Waals surface area contributed by atoms with Crippen LogP contribution in [0.3, 0.4) is 0 Å². The smallest absolute Gasteiger partial charge is 0.245 e. The summed E-state index contributed by atoms with van der Waals surface area (Å²) < 4.78 is 26.1. The Morgan fingerprint density at radius 2 is 2.06 bits per heavy atom. The van der Waals surface area contributed by atoms with Gasteiger partial charge in [-0.1, -0.05) is 13.8 Å². The Bertz CT molecular complexity index is 561. The number of anilines is 1. The van der Waals surface area contributed by atoms with E-state index < -0.39 is 10.0 Å². The standard InChI is InChI=1S/C12H17N3O2S/c1-3-7-15(4-2)18(16,17)12-6-5-10(9-13)8-11(12)14/h5-6,8H,3-4,7,14H2,1-2H3. The second-order valence-electron chi connectivity index (χ2n) is 3.86. The normalized spacial score (nSPS) is 11.4. The molecule has 0 heterocycles. The van der Waals surface area contributed by atoms with Crippen molar-refractivity contribution in [3.63, 3.8) is 0 Å². The third-order valence-corrected chi connectivity index (χ3v) is 4.63. The third-order valence-electron chi connectivity index (χ3n) is 2.58. The Morgan fingerprint density at radius 1 is 1.39 bits per heavy atom. The van der Waals surface area contributed by atoms with Crippen LogP contribution in [0.1, 0.15) is 25.8 Å². The molecule has 1 rings (SSSR count). The van der Waals surface area contributed by atoms with Crippen molar-refractivity contribution < 1.29 is 8.42 Å². The molecule has 0 aliphatic heterocycles. The van der Waals surface area contributed by atoms with Crippen molar-refractivity contribution in [1.29, 1.82) is 5.26 Å². The lowest BCUT2D eigenvalue weighted by Gasteiger charge is -2.20. The number of nitrogens with two attached hydrogens (primary N) is 1. The van der Waals surface area contributed by atoms with Gasteiger partial charge in [0.25, 0.3) is 0 Å². The van der Waals surface area contributed by atoms with E-state index in [4.69, 9.17) is 11.0 Å². The minimum absolute atomic E-state index is 0.0665. The van der Waals surface area contributed by atoms with E-state index in [9.17, 15) is 8.42 Å². The van der Waals surface area contributed by atoms with Crippen molar-refractivity contribution >= 4 is 15.7 Å². The van der Waals surface area contributed by atoms with Gasteiger partial charge in [0.1, 0.15) is 4.90 Å². The topological polar surface area (TPSA) is 87.2 Å². The lowest BCUT2D eigenvalue weighted by molar-refractivity contribution is 0.427. The van der Waals surface area contributed by atoms with Crippen LogP contribution in [0.2, 0.25) is 0 Å². The quantitative estimate of drug-likeness (QED) is 0.820. The van der Waals surface area contributed by atoms with Gasteiger partial charge in [-0.25, -0.2) is 8.42 Å². The van der Waals surface area contributed by atoms with Gasteiger partial charge in [0.2, 0.25) is 10.0 Å². The maximum Gasteiger partial charge on any atom is 0.245 e. The zero-order valence-electron chi connectivity index (χ0n) is 10.5. The van der Waals surface area contributed by atoms with E-state index in [1.54, 1.807) is 6.92 Å². The lowest BCUT2D eigenvalue weighted by Crippen LogP contribution is -2.32. The summed E-state index contributed by atoms with van der Waals surface area (Å²) in [4.78, 5) is 0.0665. The fourth-order valence-electron chi connectivity index (χ4n) is 1.69. The number of rotatable bonds is 5. The summed E-state index contributed by atoms with van der Waals surface area (Å²) >= 11 is 0. The molecule has 0 radical (unpaired) electrons. The van der Waals surface area contributed by atoms with Crippen LogP contribution in [0.5, 0.6) is 0 Å². The summed E-state index contributed by atoms with van der Waals surface area (Å²) in [5, 5.41) is 8.73. The Hall–Kier alpha value is -1.58. The van der Waals surface area contributed by atoms with E-state index >= 15 is 0 Å². The predicted molar refractivity (Wildman–Crippen MR) is 70.3 cm³/mol. The first-order valence-corrected chi connectivity index (χ1v) is 7.21. The van der Waals surface area contributed by atoms with E-state index in [0.717, 1.165) is 6.42 Å². The molecule has 2 N–H and O–H groups in total. The van der Waals surface area contributed by atoms with Crippen LogP contribution in [-0.2, 0) is 10.0 Å². The second-order valence-corrected chi connectivity index (χ2v) is 5.77. The van der Waals surface area contributed by atoms with Crippen molar-refractivity contribution in [2.45, 2.75) is 25.2 Å². The molecule has 0 atom stereocenters. The summed E-state index contributed by atoms with van der Waals surface area (Å²) in [6.45, 7) is 4.56. The Morgan fingerprint density at radius 3 is 2.50 bits per heavy atom. The molecule has 0 aliphatic rings. The molecule has 0 saturated carbocycles. The van der Waals surface area contributed by atoms with Crippen molar-refractivity contribution in [2.75, 3.05) is 18.8 Å². The molecule has 1 aromatic rings. The molecule has 0 spiro atoms. The zero-order valence-corrected chi connectivity index (χ0v) is 11.4. The molecule has 0 amide bonds. The molecular weight excluding hydrogens is 250 g/mol. The van der Waals surface area contributed by atoms with E-state index in [0.29, 0.717) is 18.7 Å². The summed E-state index contributed by atoms with van der Waals surface area (Å²) in [5.74, 6) is 0. The van der Waals surface area contributed by atoms with Crippen LogP contribution in [0.4, 0.5) is 5.69 Å². The average Bonchev–Trinajstić information content (AvgIpc) is 2.35. The molecule has 0 saturated heterocycles. The highest BCUT2D eigenvalue weighted by atomic mass is 32.2. The number of nitrogen functional groups attached to an aromatic ring is 1. The number of sulfonamides is 1. The van der Waals surface area contributed by atoms with Crippen LogP contribution in [0, 0.1) is 11.3 Å². The highest BCUT2D eigenvalue weighted by Gasteiger charge is 2.24. The van der Waals surface area contributed by atoms with Gasteiger partial charge < -0.3 is 5.73 Å². The lowest BCUT2D eigenvalue weighted by atomic mass is 10.2. The molecule has 0 bridgehead atoms. The van der Waals surface area contributed by atoms with E-state index in [-0.39, 0.29) is 10.6 Å². The molecule has 5 nitrogen and oxygen atoms in total. The zero-order chi connectivity index (χ0) is 13.8. The van der Waals surface area contributed by atoms with Gasteiger partial charge in [-0.2, -0.15) is 9.57 Å². The van der Waals surface area contributed by atoms with Crippen molar-refractivity contribution in [1.82, 2.24) is 4.31 Å². The molecule has 0 aromatic heterocycles. The van der Waals surface area contributed by atoms with Crippen molar-refractivity contribution in [3.05, 3.63) is 23.8 Å². The number of hydrogen-bond donors (Lipinski definition) is 1. The first-order chi connectivity index (χ1) is 8.47. The van der Waals surface area contributed by atoms with E-state index in [1.165, 1.54) is 22.5 Å². The van der Waals surface area contributed by atoms with Crippen LogP contribution >= 0.6 is 0 Å². The third kappa shape index (κ3) is 2.81. The molecule has 6 heteroatoms. The van der Waals surface area contributed by atoms with Gasteiger partial charge >= 0.3 is 0 Å². The molecule has 1 aromatic carbocycles. The Kier molecular flexibility index (Phi) is 4.70. The molecule has 0 unspecified atom stereocenters. The van der Waals surface area contributed by atoms with Gasteiger partial charge in [0.15, 0.2) is 0 Å². The number of hydrogen-bond acceptors (Lipinski definition) is 4. The van der Waals surface area contributed by atoms with Crippen LogP contribution < -0.4 is 5.73 Å². The summed E-state index contributed by atoms with van der Waals surface area (Å²) in [6.07, 6.45) is 0.739. The molecular formula is C12H17N3O2S. The number of nitrogens with zero attached hydrogens (tertiary/aromatic N) is 2. The van der Waals surface area contributed by atoms with Gasteiger partial charge in [-0.15, -0.1) is 0 Å². The molecule has 18 heavy (non-hydrogen) atoms. The Balaban J connectivity index is 3.24. The van der Waals surface area contributed by atoms with Gasteiger partial charge in [-0.05, 0) is 24.6 Å². The Labute approximate surface area is 108 Å². The van der Waals surface area contributed by atoms with Crippen molar-refractivity contribution in [2.24, 2.45) is 0 Å². The number of benzene rings is 1. The highest BCUT2D eigenvalue weighted by Crippen LogP contribution is 2.23. The van der Waals surface area contributed by atoms with Gasteiger partial charge in [0, 0.05) is 13.1 Å². The minimum Gasteiger partial charge on any atom is -0.398 e. The number of nitriles is 1. The largest absolute Gasteiger partial charge is 0.398 e. The summed E-state index contributed by atoms with van der Waals surface area (Å²) in [5.41, 5.74) is 6.18. The highest BCUT2D eigenvalue weighted by molar-refractivity contribution is 7.89. The molecule has 98 valence electrons. The van der Waals surface area contributed by atoms with Crippen LogP contribution in [0.15, 0.2) is 23.1 Å². The summed E-state index contributed by atoms with van der Waals surface area (Å²) in [6, 6.07) is 6.16. The van der Waals surface area contributed by atoms with Crippen LogP contribution in [0.25, 0.3) is 0 Å². The fraction of sp³-hybridized carbons (Fsp3) is 0.417. The first kappa shape index (κ1) is 14.5. The van der Waals surface area contributed by atoms with E-state index in [1.807, 2.05) is 13.0 Å². The van der Waals surface area contributed by atoms with Gasteiger partial charge in [-0.3, -0.25) is 0 Å². The molecule has 0 fully saturated rings. The maximum atomic E-state index is 12.3. The monoisotopic (exact) mass is 267 g/mol. The van der Waals surface area contributed by atoms with Gasteiger partial charge in [0.05, 0.1) is 17.3 Å². The second kappa shape index (κ2) is 5.85. The van der Waals surface area contributed by atoms with Crippen molar-refractivity contribution in [3.8, 4) is 6.07 Å². The molecule has 0 aliphatic carbocycles. The first-order valence-electron chi connectivity index (χ1n) is 5.77. The fourth-order valence-corrected chi connectivity index (χ4v) is 3.33. The van der Waals surface area contributed by atoms with Crippen LogP contribution in [-0.4, -0.2) is 25.8 Å². The SMILES string of the molecule is CCCN(CC)S(=O)(=O)c1ccc(C#N)cc1N.